The first kappa shape index (κ1) is 12.5. The molecule has 0 bridgehead atoms. The van der Waals surface area contributed by atoms with Gasteiger partial charge in [-0.25, -0.2) is 0 Å². The largest absolute Gasteiger partial charge is 0.508 e. The van der Waals surface area contributed by atoms with Gasteiger partial charge in [-0.3, -0.25) is 4.79 Å². The maximum Gasteiger partial charge on any atom is 0.251 e. The molecule has 0 saturated carbocycles. The monoisotopic (exact) mass is 261 g/mol. The number of carbonyl (C=O) groups excluding carboxylic acids is 1. The van der Waals surface area contributed by atoms with Crippen molar-refractivity contribution in [2.75, 3.05) is 0 Å². The van der Waals surface area contributed by atoms with E-state index in [1.165, 1.54) is 12.1 Å². The standard InChI is InChI=1S/C14H12ClNO2/c15-13-4-2-1-3-11(13)9-16-14(18)10-5-7-12(17)8-6-10/h1-8,17H,9H2,(H,16,18). The third-order valence-electron chi connectivity index (χ3n) is 2.53. The number of hydrogen-bond donors (Lipinski definition) is 2. The number of benzene rings is 2. The Kier molecular flexibility index (Phi) is 3.85. The van der Waals surface area contributed by atoms with Gasteiger partial charge in [0.25, 0.3) is 5.91 Å². The summed E-state index contributed by atoms with van der Waals surface area (Å²) in [7, 11) is 0. The number of carbonyl (C=O) groups is 1. The third kappa shape index (κ3) is 3.02. The molecule has 1 amide bonds. The van der Waals surface area contributed by atoms with Crippen molar-refractivity contribution in [1.82, 2.24) is 5.32 Å². The molecular weight excluding hydrogens is 250 g/mol. The van der Waals surface area contributed by atoms with Crippen LogP contribution in [0.2, 0.25) is 5.02 Å². The molecule has 0 radical (unpaired) electrons. The Bertz CT molecular complexity index is 552. The number of phenolic OH excluding ortho intramolecular Hbond substituents is 1. The molecule has 0 fully saturated rings. The van der Waals surface area contributed by atoms with Crippen molar-refractivity contribution in [2.45, 2.75) is 6.54 Å². The number of phenols is 1. The van der Waals surface area contributed by atoms with E-state index in [1.54, 1.807) is 18.2 Å². The Morgan fingerprint density at radius 2 is 1.78 bits per heavy atom. The Balaban J connectivity index is 2.01. The lowest BCUT2D eigenvalue weighted by molar-refractivity contribution is 0.0951. The molecule has 92 valence electrons. The molecule has 2 rings (SSSR count). The van der Waals surface area contributed by atoms with E-state index >= 15 is 0 Å². The van der Waals surface area contributed by atoms with E-state index in [2.05, 4.69) is 5.32 Å². The fourth-order valence-electron chi connectivity index (χ4n) is 1.53. The lowest BCUT2D eigenvalue weighted by Crippen LogP contribution is -2.22. The number of rotatable bonds is 3. The van der Waals surface area contributed by atoms with Crippen LogP contribution in [-0.4, -0.2) is 11.0 Å². The molecule has 0 saturated heterocycles. The minimum Gasteiger partial charge on any atom is -0.508 e. The van der Waals surface area contributed by atoms with Crippen LogP contribution in [0.1, 0.15) is 15.9 Å². The van der Waals surface area contributed by atoms with Crippen molar-refractivity contribution < 1.29 is 9.90 Å². The van der Waals surface area contributed by atoms with Crippen molar-refractivity contribution in [2.24, 2.45) is 0 Å². The molecular formula is C14H12ClNO2. The minimum absolute atomic E-state index is 0.137. The van der Waals surface area contributed by atoms with Crippen molar-refractivity contribution in [1.29, 1.82) is 0 Å². The first-order valence-electron chi connectivity index (χ1n) is 5.47. The maximum atomic E-state index is 11.8. The van der Waals surface area contributed by atoms with Crippen molar-refractivity contribution in [3.8, 4) is 5.75 Å². The topological polar surface area (TPSA) is 49.3 Å². The first-order valence-corrected chi connectivity index (χ1v) is 5.85. The normalized spacial score (nSPS) is 10.1. The summed E-state index contributed by atoms with van der Waals surface area (Å²) in [6.07, 6.45) is 0. The van der Waals surface area contributed by atoms with Crippen LogP contribution < -0.4 is 5.32 Å². The van der Waals surface area contributed by atoms with E-state index in [9.17, 15) is 4.79 Å². The fraction of sp³-hybridized carbons (Fsp3) is 0.0714. The highest BCUT2D eigenvalue weighted by atomic mass is 35.5. The van der Waals surface area contributed by atoms with Crippen LogP contribution >= 0.6 is 11.6 Å². The van der Waals surface area contributed by atoms with Crippen LogP contribution in [0.5, 0.6) is 5.75 Å². The van der Waals surface area contributed by atoms with Crippen LogP contribution in [0, 0.1) is 0 Å². The summed E-state index contributed by atoms with van der Waals surface area (Å²) in [6.45, 7) is 0.374. The van der Waals surface area contributed by atoms with Gasteiger partial charge in [0.2, 0.25) is 0 Å². The summed E-state index contributed by atoms with van der Waals surface area (Å²) in [5, 5.41) is 12.5. The quantitative estimate of drug-likeness (QED) is 0.892. The van der Waals surface area contributed by atoms with Gasteiger partial charge >= 0.3 is 0 Å². The summed E-state index contributed by atoms with van der Waals surface area (Å²) in [5.41, 5.74) is 1.37. The van der Waals surface area contributed by atoms with Crippen LogP contribution in [-0.2, 0) is 6.54 Å². The highest BCUT2D eigenvalue weighted by Gasteiger charge is 2.06. The average Bonchev–Trinajstić information content (AvgIpc) is 2.38. The second-order valence-electron chi connectivity index (χ2n) is 3.82. The Labute approximate surface area is 110 Å². The SMILES string of the molecule is O=C(NCc1ccccc1Cl)c1ccc(O)cc1. The zero-order chi connectivity index (χ0) is 13.0. The number of halogens is 1. The van der Waals surface area contributed by atoms with Gasteiger partial charge in [0.1, 0.15) is 5.75 Å². The summed E-state index contributed by atoms with van der Waals surface area (Å²) >= 11 is 5.99. The van der Waals surface area contributed by atoms with Crippen molar-refractivity contribution in [3.05, 3.63) is 64.7 Å². The average molecular weight is 262 g/mol. The van der Waals surface area contributed by atoms with Gasteiger partial charge in [0.15, 0.2) is 0 Å². The predicted molar refractivity (Wildman–Crippen MR) is 70.7 cm³/mol. The van der Waals surface area contributed by atoms with Gasteiger partial charge in [-0.2, -0.15) is 0 Å². The van der Waals surface area contributed by atoms with Crippen LogP contribution in [0.25, 0.3) is 0 Å². The van der Waals surface area contributed by atoms with Gasteiger partial charge in [-0.1, -0.05) is 29.8 Å². The van der Waals surface area contributed by atoms with E-state index in [1.807, 2.05) is 18.2 Å². The zero-order valence-corrected chi connectivity index (χ0v) is 10.3. The number of nitrogens with one attached hydrogen (secondary N) is 1. The van der Waals surface area contributed by atoms with Crippen LogP contribution in [0.3, 0.4) is 0 Å². The summed E-state index contributed by atoms with van der Waals surface area (Å²) in [6, 6.07) is 13.4. The van der Waals surface area contributed by atoms with E-state index < -0.39 is 0 Å². The third-order valence-corrected chi connectivity index (χ3v) is 2.90. The summed E-state index contributed by atoms with van der Waals surface area (Å²) in [5.74, 6) is -0.0624. The molecule has 4 heteroatoms. The predicted octanol–water partition coefficient (Wildman–Crippen LogP) is 2.98. The first-order chi connectivity index (χ1) is 8.66. The van der Waals surface area contributed by atoms with Crippen molar-refractivity contribution >= 4 is 17.5 Å². The lowest BCUT2D eigenvalue weighted by atomic mass is 10.2. The van der Waals surface area contributed by atoms with Crippen molar-refractivity contribution in [3.63, 3.8) is 0 Å². The summed E-state index contributed by atoms with van der Waals surface area (Å²) in [4.78, 5) is 11.8. The van der Waals surface area contributed by atoms with Gasteiger partial charge in [-0.15, -0.1) is 0 Å². The molecule has 0 aliphatic carbocycles. The molecule has 0 aromatic heterocycles. The van der Waals surface area contributed by atoms with Gasteiger partial charge in [0, 0.05) is 17.1 Å². The fourth-order valence-corrected chi connectivity index (χ4v) is 1.73. The van der Waals surface area contributed by atoms with E-state index in [0.717, 1.165) is 5.56 Å². The second-order valence-corrected chi connectivity index (χ2v) is 4.23. The molecule has 2 N–H and O–H groups in total. The Hall–Kier alpha value is -2.00. The zero-order valence-electron chi connectivity index (χ0n) is 9.56. The number of aromatic hydroxyl groups is 1. The molecule has 0 unspecified atom stereocenters. The highest BCUT2D eigenvalue weighted by molar-refractivity contribution is 6.31. The van der Waals surface area contributed by atoms with E-state index in [-0.39, 0.29) is 11.7 Å². The Morgan fingerprint density at radius 1 is 1.11 bits per heavy atom. The molecule has 0 aliphatic rings. The molecule has 0 atom stereocenters. The van der Waals surface area contributed by atoms with E-state index in [0.29, 0.717) is 17.1 Å². The molecule has 2 aromatic carbocycles. The second kappa shape index (κ2) is 5.56. The summed E-state index contributed by atoms with van der Waals surface area (Å²) < 4.78 is 0. The molecule has 0 heterocycles. The molecule has 2 aromatic rings. The molecule has 3 nitrogen and oxygen atoms in total. The molecule has 0 aliphatic heterocycles. The molecule has 0 spiro atoms. The minimum atomic E-state index is -0.199. The van der Waals surface area contributed by atoms with Gasteiger partial charge in [0.05, 0.1) is 0 Å². The highest BCUT2D eigenvalue weighted by Crippen LogP contribution is 2.15. The Morgan fingerprint density at radius 3 is 2.44 bits per heavy atom. The lowest BCUT2D eigenvalue weighted by Gasteiger charge is -2.06. The van der Waals surface area contributed by atoms with Gasteiger partial charge < -0.3 is 10.4 Å². The van der Waals surface area contributed by atoms with Gasteiger partial charge in [-0.05, 0) is 35.9 Å². The van der Waals surface area contributed by atoms with E-state index in [4.69, 9.17) is 16.7 Å². The van der Waals surface area contributed by atoms with Crippen LogP contribution in [0.4, 0.5) is 0 Å². The smallest absolute Gasteiger partial charge is 0.251 e. The maximum absolute atomic E-state index is 11.8. The molecule has 18 heavy (non-hydrogen) atoms. The number of amides is 1. The van der Waals surface area contributed by atoms with Crippen LogP contribution in [0.15, 0.2) is 48.5 Å². The number of hydrogen-bond acceptors (Lipinski definition) is 2.